The molecule has 1 heterocycles. The molecule has 0 spiro atoms. The first-order valence-electron chi connectivity index (χ1n) is 8.88. The minimum atomic E-state index is -0.442. The van der Waals surface area contributed by atoms with Crippen LogP contribution in [0.25, 0.3) is 10.2 Å². The maximum Gasteiger partial charge on any atom is 0.338 e. The predicted molar refractivity (Wildman–Crippen MR) is 111 cm³/mol. The molecule has 1 amide bonds. The first kappa shape index (κ1) is 20.2. The Hall–Kier alpha value is -3.50. The van der Waals surface area contributed by atoms with Crippen LogP contribution >= 0.6 is 11.3 Å². The van der Waals surface area contributed by atoms with Crippen molar-refractivity contribution in [1.82, 2.24) is 4.57 Å². The maximum atomic E-state index is 12.6. The number of hydrogen-bond acceptors (Lipinski definition) is 5. The lowest BCUT2D eigenvalue weighted by atomic mass is 10.1. The van der Waals surface area contributed by atoms with E-state index in [1.807, 2.05) is 0 Å². The van der Waals surface area contributed by atoms with E-state index >= 15 is 0 Å². The molecule has 0 saturated heterocycles. The highest BCUT2D eigenvalue weighted by molar-refractivity contribution is 7.16. The van der Waals surface area contributed by atoms with Gasteiger partial charge in [-0.15, -0.1) is 6.42 Å². The molecule has 0 fully saturated rings. The Bertz CT molecular complexity index is 1210. The minimum Gasteiger partial charge on any atom is -0.462 e. The molecule has 3 aromatic rings. The van der Waals surface area contributed by atoms with Crippen molar-refractivity contribution >= 4 is 39.2 Å². The third-order valence-electron chi connectivity index (χ3n) is 4.18. The summed E-state index contributed by atoms with van der Waals surface area (Å²) in [7, 11) is 0. The lowest BCUT2D eigenvalue weighted by Crippen LogP contribution is -2.16. The number of amides is 1. The van der Waals surface area contributed by atoms with E-state index in [9.17, 15) is 14.4 Å². The Labute approximate surface area is 171 Å². The largest absolute Gasteiger partial charge is 0.462 e. The van der Waals surface area contributed by atoms with Gasteiger partial charge in [-0.05, 0) is 44.2 Å². The molecule has 0 radical (unpaired) electrons. The molecule has 0 aliphatic rings. The van der Waals surface area contributed by atoms with Crippen molar-refractivity contribution in [2.45, 2.75) is 20.4 Å². The zero-order valence-electron chi connectivity index (χ0n) is 16.0. The molecule has 0 atom stereocenters. The second-order valence-corrected chi connectivity index (χ2v) is 7.14. The van der Waals surface area contributed by atoms with E-state index in [1.165, 1.54) is 18.3 Å². The Morgan fingerprint density at radius 1 is 1.10 bits per heavy atom. The van der Waals surface area contributed by atoms with Gasteiger partial charge < -0.3 is 9.30 Å². The van der Waals surface area contributed by atoms with Crippen LogP contribution in [0.1, 0.15) is 44.9 Å². The third kappa shape index (κ3) is 4.33. The van der Waals surface area contributed by atoms with E-state index in [4.69, 9.17) is 11.2 Å². The average Bonchev–Trinajstić information content (AvgIpc) is 3.04. The van der Waals surface area contributed by atoms with E-state index in [2.05, 4.69) is 10.9 Å². The lowest BCUT2D eigenvalue weighted by molar-refractivity contribution is 0.0526. The number of esters is 1. The van der Waals surface area contributed by atoms with Gasteiger partial charge in [0.1, 0.15) is 0 Å². The van der Waals surface area contributed by atoms with Gasteiger partial charge in [-0.2, -0.15) is 4.99 Å². The van der Waals surface area contributed by atoms with Crippen LogP contribution in [0.5, 0.6) is 0 Å². The van der Waals surface area contributed by atoms with Crippen molar-refractivity contribution in [2.75, 3.05) is 6.61 Å². The van der Waals surface area contributed by atoms with Crippen LogP contribution in [0, 0.1) is 12.3 Å². The van der Waals surface area contributed by atoms with Gasteiger partial charge in [0, 0.05) is 11.1 Å². The van der Waals surface area contributed by atoms with Crippen molar-refractivity contribution in [1.29, 1.82) is 0 Å². The topological polar surface area (TPSA) is 77.7 Å². The summed E-state index contributed by atoms with van der Waals surface area (Å²) in [4.78, 5) is 40.6. The standard InChI is InChI=1S/C22H18N2O4S/c1-4-12-24-18-11-10-17(21(27)28-5-2)13-19(18)29-22(24)23-20(26)16-8-6-15(7-9-16)14(3)25/h1,6-11,13H,5,12H2,2-3H3. The van der Waals surface area contributed by atoms with Crippen LogP contribution in [0.2, 0.25) is 0 Å². The number of hydrogen-bond donors (Lipinski definition) is 0. The van der Waals surface area contributed by atoms with Crippen molar-refractivity contribution in [2.24, 2.45) is 4.99 Å². The first-order chi connectivity index (χ1) is 13.9. The zero-order chi connectivity index (χ0) is 21.0. The summed E-state index contributed by atoms with van der Waals surface area (Å²) >= 11 is 1.26. The van der Waals surface area contributed by atoms with Crippen LogP contribution in [0.3, 0.4) is 0 Å². The van der Waals surface area contributed by atoms with Crippen LogP contribution in [-0.2, 0) is 11.3 Å². The molecule has 146 valence electrons. The third-order valence-corrected chi connectivity index (χ3v) is 5.22. The number of fused-ring (bicyclic) bond motifs is 1. The van der Waals surface area contributed by atoms with Crippen LogP contribution < -0.4 is 4.80 Å². The van der Waals surface area contributed by atoms with Crippen molar-refractivity contribution in [3.8, 4) is 12.3 Å². The highest BCUT2D eigenvalue weighted by Gasteiger charge is 2.13. The number of carbonyl (C=O) groups excluding carboxylic acids is 3. The summed E-state index contributed by atoms with van der Waals surface area (Å²) in [6, 6.07) is 11.5. The zero-order valence-corrected chi connectivity index (χ0v) is 16.8. The van der Waals surface area contributed by atoms with Gasteiger partial charge in [-0.1, -0.05) is 29.4 Å². The molecule has 0 bridgehead atoms. The number of ketones is 1. The van der Waals surface area contributed by atoms with Gasteiger partial charge in [-0.3, -0.25) is 9.59 Å². The molecule has 29 heavy (non-hydrogen) atoms. The SMILES string of the molecule is C#CCn1c(=NC(=O)c2ccc(C(C)=O)cc2)sc2cc(C(=O)OCC)ccc21. The van der Waals surface area contributed by atoms with E-state index < -0.39 is 11.9 Å². The van der Waals surface area contributed by atoms with Gasteiger partial charge >= 0.3 is 5.97 Å². The van der Waals surface area contributed by atoms with Crippen molar-refractivity contribution in [3.63, 3.8) is 0 Å². The number of ether oxygens (including phenoxy) is 1. The molecule has 7 heteroatoms. The van der Waals surface area contributed by atoms with E-state index in [0.29, 0.717) is 21.5 Å². The number of carbonyl (C=O) groups is 3. The number of benzene rings is 2. The highest BCUT2D eigenvalue weighted by Crippen LogP contribution is 2.20. The molecule has 0 aliphatic heterocycles. The molecule has 0 aliphatic carbocycles. The quantitative estimate of drug-likeness (QED) is 0.369. The summed E-state index contributed by atoms with van der Waals surface area (Å²) in [5, 5.41) is 0. The number of aromatic nitrogens is 1. The van der Waals surface area contributed by atoms with Crippen molar-refractivity contribution in [3.05, 3.63) is 64.0 Å². The lowest BCUT2D eigenvalue weighted by Gasteiger charge is -2.03. The fourth-order valence-electron chi connectivity index (χ4n) is 2.74. The van der Waals surface area contributed by atoms with Gasteiger partial charge in [0.05, 0.1) is 28.9 Å². The number of rotatable bonds is 5. The fraction of sp³-hybridized carbons (Fsp3) is 0.182. The molecular weight excluding hydrogens is 388 g/mol. The minimum absolute atomic E-state index is 0.0743. The van der Waals surface area contributed by atoms with Gasteiger partial charge in [-0.25, -0.2) is 4.79 Å². The second kappa shape index (κ2) is 8.67. The van der Waals surface area contributed by atoms with Gasteiger partial charge in [0.25, 0.3) is 5.91 Å². The summed E-state index contributed by atoms with van der Waals surface area (Å²) in [5.74, 6) is 1.64. The van der Waals surface area contributed by atoms with Crippen LogP contribution in [-0.4, -0.2) is 28.8 Å². The number of thiazole rings is 1. The molecule has 0 unspecified atom stereocenters. The fourth-order valence-corrected chi connectivity index (χ4v) is 3.81. The summed E-state index contributed by atoms with van der Waals surface area (Å²) < 4.78 is 7.55. The molecular formula is C22H18N2O4S. The van der Waals surface area contributed by atoms with Gasteiger partial charge in [0.2, 0.25) is 0 Å². The maximum absolute atomic E-state index is 12.6. The Kier molecular flexibility index (Phi) is 6.05. The molecule has 2 aromatic carbocycles. The predicted octanol–water partition coefficient (Wildman–Crippen LogP) is 3.46. The van der Waals surface area contributed by atoms with Crippen LogP contribution in [0.15, 0.2) is 47.5 Å². The summed E-state index contributed by atoms with van der Waals surface area (Å²) in [6.45, 7) is 3.73. The van der Waals surface area contributed by atoms with Gasteiger partial charge in [0.15, 0.2) is 10.6 Å². The highest BCUT2D eigenvalue weighted by atomic mass is 32.1. The Balaban J connectivity index is 2.05. The second-order valence-electron chi connectivity index (χ2n) is 6.13. The first-order valence-corrected chi connectivity index (χ1v) is 9.70. The van der Waals surface area contributed by atoms with Crippen molar-refractivity contribution < 1.29 is 19.1 Å². The smallest absolute Gasteiger partial charge is 0.338 e. The number of terminal acetylenes is 1. The monoisotopic (exact) mass is 406 g/mol. The van der Waals surface area contributed by atoms with E-state index in [0.717, 1.165) is 10.2 Å². The molecule has 1 aromatic heterocycles. The molecule has 0 saturated carbocycles. The molecule has 3 rings (SSSR count). The van der Waals surface area contributed by atoms with E-state index in [-0.39, 0.29) is 18.9 Å². The van der Waals surface area contributed by atoms with E-state index in [1.54, 1.807) is 54.0 Å². The summed E-state index contributed by atoms with van der Waals surface area (Å²) in [5.41, 5.74) is 2.09. The van der Waals surface area contributed by atoms with Crippen LogP contribution in [0.4, 0.5) is 0 Å². The normalized spacial score (nSPS) is 11.3. The Morgan fingerprint density at radius 3 is 2.38 bits per heavy atom. The average molecular weight is 406 g/mol. The molecule has 0 N–H and O–H groups in total. The number of nitrogens with zero attached hydrogens (tertiary/aromatic N) is 2. The number of Topliss-reactive ketones (excluding diaryl/α,β-unsaturated/α-hetero) is 1. The Morgan fingerprint density at radius 2 is 1.76 bits per heavy atom. The summed E-state index contributed by atoms with van der Waals surface area (Å²) in [6.07, 6.45) is 5.49. The molecule has 6 nitrogen and oxygen atoms in total.